The fourth-order valence-corrected chi connectivity index (χ4v) is 2.47. The lowest BCUT2D eigenvalue weighted by Crippen LogP contribution is -2.20. The second-order valence-electron chi connectivity index (χ2n) is 5.17. The van der Waals surface area contributed by atoms with Gasteiger partial charge < -0.3 is 4.90 Å². The van der Waals surface area contributed by atoms with Gasteiger partial charge in [-0.15, -0.1) is 0 Å². The molecule has 0 bridgehead atoms. The molecule has 3 heteroatoms. The normalized spacial score (nSPS) is 15.4. The van der Waals surface area contributed by atoms with Crippen LogP contribution >= 0.6 is 0 Å². The number of aryl methyl sites for hydroxylation is 1. The summed E-state index contributed by atoms with van der Waals surface area (Å²) >= 11 is 0. The Morgan fingerprint density at radius 2 is 1.71 bits per heavy atom. The van der Waals surface area contributed by atoms with E-state index in [0.29, 0.717) is 11.1 Å². The average molecular weight is 277 g/mol. The van der Waals surface area contributed by atoms with Gasteiger partial charge in [0.15, 0.2) is 5.78 Å². The molecule has 0 radical (unpaired) electrons. The maximum Gasteiger partial charge on any atom is 0.258 e. The average Bonchev–Trinajstić information content (AvgIpc) is 2.73. The minimum Gasteiger partial charge on any atom is -0.311 e. The Kier molecular flexibility index (Phi) is 3.18. The molecule has 21 heavy (non-hydrogen) atoms. The summed E-state index contributed by atoms with van der Waals surface area (Å²) in [6, 6.07) is 14.8. The highest BCUT2D eigenvalue weighted by molar-refractivity contribution is 6.35. The number of hydrogen-bond acceptors (Lipinski definition) is 2. The van der Waals surface area contributed by atoms with Crippen molar-refractivity contribution in [3.05, 3.63) is 71.3 Å². The zero-order chi connectivity index (χ0) is 15.0. The van der Waals surface area contributed by atoms with Gasteiger partial charge in [0.1, 0.15) is 0 Å². The smallest absolute Gasteiger partial charge is 0.258 e. The van der Waals surface area contributed by atoms with Crippen LogP contribution in [0, 0.1) is 6.92 Å². The van der Waals surface area contributed by atoms with Crippen LogP contribution in [0.15, 0.2) is 54.6 Å². The molecule has 0 unspecified atom stereocenters. The topological polar surface area (TPSA) is 37.4 Å². The van der Waals surface area contributed by atoms with Gasteiger partial charge in [0.25, 0.3) is 5.91 Å². The van der Waals surface area contributed by atoms with Crippen molar-refractivity contribution >= 4 is 23.0 Å². The first kappa shape index (κ1) is 13.3. The van der Waals surface area contributed by atoms with Gasteiger partial charge in [0.05, 0.1) is 11.3 Å². The van der Waals surface area contributed by atoms with Gasteiger partial charge in [-0.3, -0.25) is 9.59 Å². The SMILES string of the molecule is Cc1ccc(C(=O)C=C2C(=O)N(C)c3ccccc32)cc1. The quantitative estimate of drug-likeness (QED) is 0.624. The van der Waals surface area contributed by atoms with Gasteiger partial charge in [0, 0.05) is 18.2 Å². The van der Waals surface area contributed by atoms with Crippen molar-refractivity contribution in [2.75, 3.05) is 11.9 Å². The van der Waals surface area contributed by atoms with Crippen molar-refractivity contribution in [1.29, 1.82) is 0 Å². The third kappa shape index (κ3) is 2.27. The highest BCUT2D eigenvalue weighted by atomic mass is 16.2. The Morgan fingerprint density at radius 3 is 2.43 bits per heavy atom. The molecule has 1 heterocycles. The first-order valence-corrected chi connectivity index (χ1v) is 6.78. The fourth-order valence-electron chi connectivity index (χ4n) is 2.47. The van der Waals surface area contributed by atoms with Crippen LogP contribution in [0.3, 0.4) is 0 Å². The summed E-state index contributed by atoms with van der Waals surface area (Å²) in [6.45, 7) is 1.97. The van der Waals surface area contributed by atoms with Crippen LogP contribution in [-0.4, -0.2) is 18.7 Å². The van der Waals surface area contributed by atoms with Crippen molar-refractivity contribution in [2.24, 2.45) is 0 Å². The maximum absolute atomic E-state index is 12.3. The molecule has 0 saturated heterocycles. The van der Waals surface area contributed by atoms with E-state index >= 15 is 0 Å². The summed E-state index contributed by atoms with van der Waals surface area (Å²) in [5.41, 5.74) is 3.80. The molecule has 0 saturated carbocycles. The van der Waals surface area contributed by atoms with Crippen LogP contribution in [0.4, 0.5) is 5.69 Å². The van der Waals surface area contributed by atoms with Crippen molar-refractivity contribution in [3.8, 4) is 0 Å². The Hall–Kier alpha value is -2.68. The van der Waals surface area contributed by atoms with Gasteiger partial charge in [-0.05, 0) is 19.1 Å². The number of anilines is 1. The molecular formula is C18H15NO2. The van der Waals surface area contributed by atoms with Crippen molar-refractivity contribution in [1.82, 2.24) is 0 Å². The number of hydrogen-bond donors (Lipinski definition) is 0. The van der Waals surface area contributed by atoms with Gasteiger partial charge in [-0.2, -0.15) is 0 Å². The van der Waals surface area contributed by atoms with E-state index in [1.165, 1.54) is 6.08 Å². The molecule has 0 N–H and O–H groups in total. The van der Waals surface area contributed by atoms with Crippen LogP contribution in [0.5, 0.6) is 0 Å². The van der Waals surface area contributed by atoms with E-state index in [4.69, 9.17) is 0 Å². The fraction of sp³-hybridized carbons (Fsp3) is 0.111. The summed E-state index contributed by atoms with van der Waals surface area (Å²) in [7, 11) is 1.72. The molecule has 2 aromatic rings. The summed E-state index contributed by atoms with van der Waals surface area (Å²) < 4.78 is 0. The van der Waals surface area contributed by atoms with Gasteiger partial charge >= 0.3 is 0 Å². The van der Waals surface area contributed by atoms with E-state index in [2.05, 4.69) is 0 Å². The number of carbonyl (C=O) groups is 2. The molecule has 1 aliphatic heterocycles. The summed E-state index contributed by atoms with van der Waals surface area (Å²) in [6.07, 6.45) is 1.44. The second kappa shape index (κ2) is 5.02. The van der Waals surface area contributed by atoms with E-state index in [-0.39, 0.29) is 11.7 Å². The number of carbonyl (C=O) groups excluding carboxylic acids is 2. The number of allylic oxidation sites excluding steroid dienone is 1. The van der Waals surface area contributed by atoms with Gasteiger partial charge in [-0.25, -0.2) is 0 Å². The second-order valence-corrected chi connectivity index (χ2v) is 5.17. The molecule has 0 aromatic heterocycles. The number of likely N-dealkylation sites (N-methyl/N-ethyl adjacent to an activating group) is 1. The summed E-state index contributed by atoms with van der Waals surface area (Å²) in [5.74, 6) is -0.292. The largest absolute Gasteiger partial charge is 0.311 e. The summed E-state index contributed by atoms with van der Waals surface area (Å²) in [4.78, 5) is 26.2. The molecule has 2 aromatic carbocycles. The molecule has 1 aliphatic rings. The minimum absolute atomic E-state index is 0.142. The van der Waals surface area contributed by atoms with Gasteiger partial charge in [0.2, 0.25) is 0 Å². The number of benzene rings is 2. The zero-order valence-corrected chi connectivity index (χ0v) is 12.0. The number of ketones is 1. The Balaban J connectivity index is 2.02. The predicted octanol–water partition coefficient (Wildman–Crippen LogP) is 3.24. The van der Waals surface area contributed by atoms with Crippen LogP contribution in [0.2, 0.25) is 0 Å². The van der Waals surface area contributed by atoms with Crippen molar-refractivity contribution < 1.29 is 9.59 Å². The molecule has 1 amide bonds. The molecule has 0 spiro atoms. The highest BCUT2D eigenvalue weighted by Crippen LogP contribution is 2.35. The monoisotopic (exact) mass is 277 g/mol. The Bertz CT molecular complexity index is 757. The minimum atomic E-state index is -0.150. The first-order valence-electron chi connectivity index (χ1n) is 6.78. The number of amides is 1. The van der Waals surface area contributed by atoms with E-state index < -0.39 is 0 Å². The third-order valence-electron chi connectivity index (χ3n) is 3.70. The molecule has 104 valence electrons. The number of rotatable bonds is 2. The maximum atomic E-state index is 12.3. The lowest BCUT2D eigenvalue weighted by Gasteiger charge is -2.07. The van der Waals surface area contributed by atoms with E-state index in [9.17, 15) is 9.59 Å². The molecular weight excluding hydrogens is 262 g/mol. The van der Waals surface area contributed by atoms with Crippen molar-refractivity contribution in [2.45, 2.75) is 6.92 Å². The van der Waals surface area contributed by atoms with E-state index in [0.717, 1.165) is 16.8 Å². The predicted molar refractivity (Wildman–Crippen MR) is 83.3 cm³/mol. The van der Waals surface area contributed by atoms with Crippen molar-refractivity contribution in [3.63, 3.8) is 0 Å². The molecule has 3 nitrogen and oxygen atoms in total. The number of fused-ring (bicyclic) bond motifs is 1. The number of nitrogens with zero attached hydrogens (tertiary/aromatic N) is 1. The lowest BCUT2D eigenvalue weighted by atomic mass is 10.0. The van der Waals surface area contributed by atoms with Crippen LogP contribution < -0.4 is 4.90 Å². The van der Waals surface area contributed by atoms with Gasteiger partial charge in [-0.1, -0.05) is 48.0 Å². The van der Waals surface area contributed by atoms with E-state index in [1.54, 1.807) is 24.1 Å². The van der Waals surface area contributed by atoms with Crippen LogP contribution in [-0.2, 0) is 4.79 Å². The van der Waals surface area contributed by atoms with Crippen LogP contribution in [0.1, 0.15) is 21.5 Å². The number of para-hydroxylation sites is 1. The zero-order valence-electron chi connectivity index (χ0n) is 12.0. The molecule has 3 rings (SSSR count). The lowest BCUT2D eigenvalue weighted by molar-refractivity contribution is -0.112. The standard InChI is InChI=1S/C18H15NO2/c1-12-7-9-13(10-8-12)17(20)11-15-14-5-3-4-6-16(14)19(2)18(15)21/h3-11H,1-2H3. The first-order chi connectivity index (χ1) is 10.1. The van der Waals surface area contributed by atoms with E-state index in [1.807, 2.05) is 43.3 Å². The Labute approximate surface area is 123 Å². The molecule has 0 aliphatic carbocycles. The summed E-state index contributed by atoms with van der Waals surface area (Å²) in [5, 5.41) is 0. The third-order valence-corrected chi connectivity index (χ3v) is 3.70. The molecule has 0 atom stereocenters. The van der Waals surface area contributed by atoms with Crippen LogP contribution in [0.25, 0.3) is 5.57 Å². The molecule has 0 fully saturated rings. The Morgan fingerprint density at radius 1 is 1.05 bits per heavy atom. The highest BCUT2D eigenvalue weighted by Gasteiger charge is 2.29.